The van der Waals surface area contributed by atoms with Crippen LogP contribution < -0.4 is 11.5 Å². The Balaban J connectivity index is 0.00000300. The molecule has 0 saturated carbocycles. The van der Waals surface area contributed by atoms with Crippen LogP contribution in [0.5, 0.6) is 0 Å². The summed E-state index contributed by atoms with van der Waals surface area (Å²) in [5.74, 6) is -0.378. The monoisotopic (exact) mass is 490 g/mol. The van der Waals surface area contributed by atoms with E-state index in [9.17, 15) is 9.59 Å². The van der Waals surface area contributed by atoms with Crippen molar-refractivity contribution in [2.75, 3.05) is 39.3 Å². The van der Waals surface area contributed by atoms with E-state index in [0.717, 1.165) is 56.1 Å². The summed E-state index contributed by atoms with van der Waals surface area (Å²) >= 11 is 0. The third-order valence-electron chi connectivity index (χ3n) is 5.32. The average Bonchev–Trinajstić information content (AvgIpc) is 2.72. The minimum atomic E-state index is -0.189. The van der Waals surface area contributed by atoms with E-state index in [1.54, 1.807) is 0 Å². The predicted molar refractivity (Wildman–Crippen MR) is 134 cm³/mol. The second-order valence-corrected chi connectivity index (χ2v) is 7.30. The number of nitrogens with zero attached hydrogens (tertiary/aromatic N) is 2. The highest BCUT2D eigenvalue weighted by Crippen LogP contribution is 2.29. The fourth-order valence-corrected chi connectivity index (χ4v) is 3.87. The zero-order chi connectivity index (χ0) is 19.9. The second-order valence-electron chi connectivity index (χ2n) is 7.30. The van der Waals surface area contributed by atoms with Gasteiger partial charge in [-0.2, -0.15) is 0 Å². The largest absolute Gasteiger partial charge is 0.330 e. The maximum atomic E-state index is 12.9. The Labute approximate surface area is 202 Å². The van der Waals surface area contributed by atoms with E-state index in [1.807, 2.05) is 36.4 Å². The molecule has 2 aromatic rings. The summed E-state index contributed by atoms with van der Waals surface area (Å²) in [7, 11) is 0. The topological polar surface area (TPSA) is 92.7 Å². The highest BCUT2D eigenvalue weighted by molar-refractivity contribution is 6.25. The van der Waals surface area contributed by atoms with Crippen LogP contribution >= 0.6 is 37.2 Å². The van der Waals surface area contributed by atoms with Gasteiger partial charge < -0.3 is 16.4 Å². The molecule has 0 aliphatic carbocycles. The highest BCUT2D eigenvalue weighted by atomic mass is 35.5. The Hall–Kier alpha value is -1.41. The summed E-state index contributed by atoms with van der Waals surface area (Å²) < 4.78 is 0. The SMILES string of the molecule is Cl.Cl.Cl.NCCCCN(CCCN)CCCN1C(=O)c2cccc3cccc(c23)C1=O. The van der Waals surface area contributed by atoms with E-state index in [1.165, 1.54) is 4.90 Å². The lowest BCUT2D eigenvalue weighted by molar-refractivity contribution is 0.0603. The molecule has 0 aromatic heterocycles. The maximum Gasteiger partial charge on any atom is 0.261 e. The van der Waals surface area contributed by atoms with Crippen LogP contribution in [0.1, 0.15) is 46.4 Å². The molecule has 3 rings (SSSR count). The van der Waals surface area contributed by atoms with Gasteiger partial charge in [0.25, 0.3) is 11.8 Å². The number of rotatable bonds is 11. The first-order valence-corrected chi connectivity index (χ1v) is 10.2. The lowest BCUT2D eigenvalue weighted by Crippen LogP contribution is -2.42. The van der Waals surface area contributed by atoms with Gasteiger partial charge in [0.15, 0.2) is 0 Å². The number of halogens is 3. The lowest BCUT2D eigenvalue weighted by Gasteiger charge is -2.28. The molecule has 31 heavy (non-hydrogen) atoms. The van der Waals surface area contributed by atoms with Gasteiger partial charge in [-0.15, -0.1) is 37.2 Å². The van der Waals surface area contributed by atoms with E-state index in [-0.39, 0.29) is 49.0 Å². The van der Waals surface area contributed by atoms with Crippen LogP contribution in [0.15, 0.2) is 36.4 Å². The number of unbranched alkanes of at least 4 members (excludes halogenated alkanes) is 1. The Bertz CT molecular complexity index is 800. The molecule has 0 saturated heterocycles. The van der Waals surface area contributed by atoms with Crippen LogP contribution in [-0.4, -0.2) is 60.9 Å². The smallest absolute Gasteiger partial charge is 0.261 e. The van der Waals surface area contributed by atoms with Crippen LogP contribution in [0.4, 0.5) is 0 Å². The van der Waals surface area contributed by atoms with Crippen molar-refractivity contribution in [3.05, 3.63) is 47.5 Å². The molecule has 0 fully saturated rings. The molecule has 0 spiro atoms. The number of hydrogen-bond donors (Lipinski definition) is 2. The van der Waals surface area contributed by atoms with Gasteiger partial charge in [0.2, 0.25) is 0 Å². The first kappa shape index (κ1) is 29.6. The van der Waals surface area contributed by atoms with Gasteiger partial charge in [0.1, 0.15) is 0 Å². The van der Waals surface area contributed by atoms with E-state index in [0.29, 0.717) is 30.8 Å². The first-order valence-electron chi connectivity index (χ1n) is 10.2. The quantitative estimate of drug-likeness (QED) is 0.371. The minimum absolute atomic E-state index is 0. The highest BCUT2D eigenvalue weighted by Gasteiger charge is 2.32. The molecule has 0 atom stereocenters. The van der Waals surface area contributed by atoms with Gasteiger partial charge in [0, 0.05) is 23.1 Å². The zero-order valence-electron chi connectivity index (χ0n) is 17.6. The molecule has 1 heterocycles. The van der Waals surface area contributed by atoms with Crippen molar-refractivity contribution < 1.29 is 9.59 Å². The Morgan fingerprint density at radius 2 is 1.23 bits per heavy atom. The average molecular weight is 492 g/mol. The summed E-state index contributed by atoms with van der Waals surface area (Å²) in [6.07, 6.45) is 3.75. The van der Waals surface area contributed by atoms with Crippen molar-refractivity contribution in [2.45, 2.75) is 25.7 Å². The third kappa shape index (κ3) is 7.04. The molecule has 1 aliphatic rings. The zero-order valence-corrected chi connectivity index (χ0v) is 20.1. The van der Waals surface area contributed by atoms with E-state index in [2.05, 4.69) is 4.90 Å². The molecule has 2 amide bonds. The van der Waals surface area contributed by atoms with Gasteiger partial charge in [-0.1, -0.05) is 24.3 Å². The summed E-state index contributed by atoms with van der Waals surface area (Å²) in [6.45, 7) is 4.54. The van der Waals surface area contributed by atoms with Crippen molar-refractivity contribution in [3.63, 3.8) is 0 Å². The van der Waals surface area contributed by atoms with Crippen LogP contribution in [0.2, 0.25) is 0 Å². The van der Waals surface area contributed by atoms with E-state index >= 15 is 0 Å². The molecule has 4 N–H and O–H groups in total. The third-order valence-corrected chi connectivity index (χ3v) is 5.32. The molecular weight excluding hydrogens is 459 g/mol. The number of carbonyl (C=O) groups is 2. The minimum Gasteiger partial charge on any atom is -0.330 e. The maximum absolute atomic E-state index is 12.9. The molecule has 1 aliphatic heterocycles. The van der Waals surface area contributed by atoms with Crippen molar-refractivity contribution in [3.8, 4) is 0 Å². The predicted octanol–water partition coefficient (Wildman–Crippen LogP) is 3.48. The van der Waals surface area contributed by atoms with E-state index < -0.39 is 0 Å². The molecule has 0 bridgehead atoms. The van der Waals surface area contributed by atoms with E-state index in [4.69, 9.17) is 11.5 Å². The molecule has 0 unspecified atom stereocenters. The standard InChI is InChI=1S/C22H30N4O2.3ClH/c23-11-1-2-13-25(14-5-12-24)15-6-16-26-21(27)18-9-3-7-17-8-4-10-19(20(17)18)22(26)28;;;/h3-4,7-10H,1-2,5-6,11-16,23-24H2;3*1H. The van der Waals surface area contributed by atoms with Crippen LogP contribution in [-0.2, 0) is 0 Å². The van der Waals surface area contributed by atoms with Crippen LogP contribution in [0.3, 0.4) is 0 Å². The number of nitrogens with two attached hydrogens (primary N) is 2. The Morgan fingerprint density at radius 3 is 1.77 bits per heavy atom. The number of carbonyl (C=O) groups excluding carboxylic acids is 2. The molecule has 2 aromatic carbocycles. The molecular formula is C22H33Cl3N4O2. The number of imide groups is 1. The van der Waals surface area contributed by atoms with Crippen molar-refractivity contribution >= 4 is 59.8 Å². The number of hydrogen-bond acceptors (Lipinski definition) is 5. The summed E-state index contributed by atoms with van der Waals surface area (Å²) in [6, 6.07) is 11.3. The normalized spacial score (nSPS) is 12.4. The fraction of sp³-hybridized carbons (Fsp3) is 0.455. The number of benzene rings is 2. The summed E-state index contributed by atoms with van der Waals surface area (Å²) in [5, 5.41) is 1.71. The lowest BCUT2D eigenvalue weighted by atomic mass is 9.94. The Morgan fingerprint density at radius 1 is 0.710 bits per heavy atom. The van der Waals surface area contributed by atoms with Crippen molar-refractivity contribution in [2.24, 2.45) is 11.5 Å². The summed E-state index contributed by atoms with van der Waals surface area (Å²) in [5.41, 5.74) is 12.5. The van der Waals surface area contributed by atoms with Crippen LogP contribution in [0.25, 0.3) is 10.8 Å². The first-order chi connectivity index (χ1) is 13.7. The van der Waals surface area contributed by atoms with Gasteiger partial charge in [-0.05, 0) is 75.9 Å². The van der Waals surface area contributed by atoms with Crippen molar-refractivity contribution in [1.29, 1.82) is 0 Å². The molecule has 9 heteroatoms. The van der Waals surface area contributed by atoms with Gasteiger partial charge >= 0.3 is 0 Å². The fourth-order valence-electron chi connectivity index (χ4n) is 3.87. The summed E-state index contributed by atoms with van der Waals surface area (Å²) in [4.78, 5) is 29.6. The van der Waals surface area contributed by atoms with Gasteiger partial charge in [-0.3, -0.25) is 14.5 Å². The Kier molecular flexibility index (Phi) is 13.9. The van der Waals surface area contributed by atoms with Crippen LogP contribution in [0, 0.1) is 0 Å². The molecule has 0 radical (unpaired) electrons. The number of amides is 2. The second kappa shape index (κ2) is 14.6. The van der Waals surface area contributed by atoms with Gasteiger partial charge in [0.05, 0.1) is 0 Å². The molecule has 6 nitrogen and oxygen atoms in total. The molecule has 174 valence electrons. The van der Waals surface area contributed by atoms with Gasteiger partial charge in [-0.25, -0.2) is 0 Å². The van der Waals surface area contributed by atoms with Crippen molar-refractivity contribution in [1.82, 2.24) is 9.80 Å².